The van der Waals surface area contributed by atoms with Crippen molar-refractivity contribution in [2.45, 2.75) is 65.0 Å². The van der Waals surface area contributed by atoms with Gasteiger partial charge in [-0.25, -0.2) is 0 Å². The minimum Gasteiger partial charge on any atom is -0.342 e. The molecule has 1 atom stereocenters. The fourth-order valence-corrected chi connectivity index (χ4v) is 4.46. The molecule has 2 aliphatic rings. The summed E-state index contributed by atoms with van der Waals surface area (Å²) in [5.74, 6) is 1.79. The molecule has 0 aromatic rings. The van der Waals surface area contributed by atoms with E-state index in [1.807, 2.05) is 0 Å². The third kappa shape index (κ3) is 5.40. The Morgan fingerprint density at radius 1 is 1.21 bits per heavy atom. The molecular weight excluding hydrogens is 320 g/mol. The van der Waals surface area contributed by atoms with Crippen molar-refractivity contribution < 1.29 is 9.59 Å². The number of piperidine rings is 2. The third-order valence-electron chi connectivity index (χ3n) is 5.28. The Labute approximate surface area is 151 Å². The van der Waals surface area contributed by atoms with Crippen LogP contribution in [0.3, 0.4) is 0 Å². The first kappa shape index (κ1) is 19.6. The summed E-state index contributed by atoms with van der Waals surface area (Å²) in [5.41, 5.74) is 0.140. The predicted molar refractivity (Wildman–Crippen MR) is 101 cm³/mol. The van der Waals surface area contributed by atoms with Gasteiger partial charge in [0.15, 0.2) is 0 Å². The number of hydrogen-bond donors (Lipinski definition) is 0. The highest BCUT2D eigenvalue weighted by Crippen LogP contribution is 2.39. The topological polar surface area (TPSA) is 40.6 Å². The van der Waals surface area contributed by atoms with Gasteiger partial charge in [-0.2, -0.15) is 0 Å². The van der Waals surface area contributed by atoms with Gasteiger partial charge in [0, 0.05) is 38.0 Å². The molecule has 0 bridgehead atoms. The zero-order valence-corrected chi connectivity index (χ0v) is 16.7. The standard InChI is InChI=1S/C19H34N2O2S/c1-15(2)7-11-21-14-19(9-6-17(21)22)8-5-10-20(13-19)18(23)12-24-16(3)4/h15-16H,5-14H2,1-4H3. The summed E-state index contributed by atoms with van der Waals surface area (Å²) in [6, 6.07) is 0. The highest BCUT2D eigenvalue weighted by molar-refractivity contribution is 8.00. The van der Waals surface area contributed by atoms with Gasteiger partial charge in [-0.3, -0.25) is 9.59 Å². The summed E-state index contributed by atoms with van der Waals surface area (Å²) in [4.78, 5) is 28.9. The van der Waals surface area contributed by atoms with E-state index in [9.17, 15) is 9.59 Å². The average molecular weight is 355 g/mol. The maximum atomic E-state index is 12.5. The van der Waals surface area contributed by atoms with E-state index < -0.39 is 0 Å². The lowest BCUT2D eigenvalue weighted by atomic mass is 9.73. The van der Waals surface area contributed by atoms with Crippen molar-refractivity contribution in [3.05, 3.63) is 0 Å². The molecule has 2 amide bonds. The lowest BCUT2D eigenvalue weighted by molar-refractivity contribution is -0.142. The summed E-state index contributed by atoms with van der Waals surface area (Å²) in [6.45, 7) is 12.1. The van der Waals surface area contributed by atoms with Gasteiger partial charge in [-0.1, -0.05) is 27.7 Å². The molecule has 0 radical (unpaired) electrons. The van der Waals surface area contributed by atoms with E-state index in [2.05, 4.69) is 37.5 Å². The highest BCUT2D eigenvalue weighted by Gasteiger charge is 2.42. The van der Waals surface area contributed by atoms with Gasteiger partial charge in [0.05, 0.1) is 5.75 Å². The van der Waals surface area contributed by atoms with Gasteiger partial charge >= 0.3 is 0 Å². The molecule has 4 nitrogen and oxygen atoms in total. The first-order chi connectivity index (χ1) is 11.3. The van der Waals surface area contributed by atoms with E-state index in [0.717, 1.165) is 51.9 Å². The number of carbonyl (C=O) groups is 2. The number of nitrogens with zero attached hydrogens (tertiary/aromatic N) is 2. The summed E-state index contributed by atoms with van der Waals surface area (Å²) >= 11 is 1.72. The van der Waals surface area contributed by atoms with Crippen molar-refractivity contribution in [3.63, 3.8) is 0 Å². The number of amides is 2. The Kier molecular flexibility index (Phi) is 7.02. The molecule has 1 unspecified atom stereocenters. The van der Waals surface area contributed by atoms with Gasteiger partial charge in [0.25, 0.3) is 0 Å². The molecule has 0 aromatic heterocycles. The molecule has 1 spiro atoms. The van der Waals surface area contributed by atoms with Crippen LogP contribution in [0.25, 0.3) is 0 Å². The van der Waals surface area contributed by atoms with E-state index in [4.69, 9.17) is 0 Å². The lowest BCUT2D eigenvalue weighted by Crippen LogP contribution is -2.55. The SMILES string of the molecule is CC(C)CCN1CC2(CCCN(C(=O)CSC(C)C)C2)CCC1=O. The average Bonchev–Trinajstić information content (AvgIpc) is 2.53. The van der Waals surface area contributed by atoms with Crippen molar-refractivity contribution in [2.75, 3.05) is 31.9 Å². The molecule has 2 fully saturated rings. The molecule has 2 heterocycles. The maximum Gasteiger partial charge on any atom is 0.232 e. The number of rotatable bonds is 6. The van der Waals surface area contributed by atoms with Crippen molar-refractivity contribution in [2.24, 2.45) is 11.3 Å². The molecule has 0 aliphatic carbocycles. The Balaban J connectivity index is 1.95. The number of likely N-dealkylation sites (tertiary alicyclic amines) is 2. The van der Waals surface area contributed by atoms with Crippen LogP contribution in [0.15, 0.2) is 0 Å². The second-order valence-corrected chi connectivity index (χ2v) is 9.84. The molecule has 24 heavy (non-hydrogen) atoms. The Bertz CT molecular complexity index is 453. The van der Waals surface area contributed by atoms with Crippen molar-refractivity contribution >= 4 is 23.6 Å². The van der Waals surface area contributed by atoms with Crippen LogP contribution in [0.1, 0.15) is 59.8 Å². The molecular formula is C19H34N2O2S. The summed E-state index contributed by atoms with van der Waals surface area (Å²) in [6.07, 6.45) is 4.89. The van der Waals surface area contributed by atoms with E-state index in [0.29, 0.717) is 29.2 Å². The smallest absolute Gasteiger partial charge is 0.232 e. The fourth-order valence-electron chi connectivity index (χ4n) is 3.80. The largest absolute Gasteiger partial charge is 0.342 e. The van der Waals surface area contributed by atoms with E-state index in [-0.39, 0.29) is 11.3 Å². The minimum atomic E-state index is 0.140. The maximum absolute atomic E-state index is 12.5. The number of thioether (sulfide) groups is 1. The second kappa shape index (κ2) is 8.59. The predicted octanol–water partition coefficient (Wildman–Crippen LogP) is 3.41. The molecule has 0 saturated carbocycles. The monoisotopic (exact) mass is 354 g/mol. The van der Waals surface area contributed by atoms with E-state index in [1.165, 1.54) is 0 Å². The molecule has 5 heteroatoms. The number of hydrogen-bond acceptors (Lipinski definition) is 3. The van der Waals surface area contributed by atoms with E-state index >= 15 is 0 Å². The van der Waals surface area contributed by atoms with Crippen molar-refractivity contribution in [1.82, 2.24) is 9.80 Å². The molecule has 0 aromatic carbocycles. The fraction of sp³-hybridized carbons (Fsp3) is 0.895. The van der Waals surface area contributed by atoms with Gasteiger partial charge in [0.1, 0.15) is 0 Å². The molecule has 2 aliphatic heterocycles. The second-order valence-electron chi connectivity index (χ2n) is 8.28. The zero-order chi connectivity index (χ0) is 17.7. The quantitative estimate of drug-likeness (QED) is 0.734. The summed E-state index contributed by atoms with van der Waals surface area (Å²) in [7, 11) is 0. The first-order valence-corrected chi connectivity index (χ1v) is 10.5. The Morgan fingerprint density at radius 2 is 1.96 bits per heavy atom. The van der Waals surface area contributed by atoms with Crippen LogP contribution >= 0.6 is 11.8 Å². The van der Waals surface area contributed by atoms with E-state index in [1.54, 1.807) is 11.8 Å². The zero-order valence-electron chi connectivity index (χ0n) is 15.8. The molecule has 0 N–H and O–H groups in total. The van der Waals surface area contributed by atoms with Crippen LogP contribution in [-0.4, -0.2) is 58.8 Å². The van der Waals surface area contributed by atoms with Gasteiger partial charge in [0.2, 0.25) is 11.8 Å². The third-order valence-corrected chi connectivity index (χ3v) is 6.36. The number of carbonyl (C=O) groups excluding carboxylic acids is 2. The van der Waals surface area contributed by atoms with Crippen LogP contribution in [-0.2, 0) is 9.59 Å². The highest BCUT2D eigenvalue weighted by atomic mass is 32.2. The summed E-state index contributed by atoms with van der Waals surface area (Å²) < 4.78 is 0. The van der Waals surface area contributed by atoms with Gasteiger partial charge in [-0.05, 0) is 36.9 Å². The molecule has 2 saturated heterocycles. The lowest BCUT2D eigenvalue weighted by Gasteiger charge is -2.48. The van der Waals surface area contributed by atoms with Gasteiger partial charge in [-0.15, -0.1) is 11.8 Å². The molecule has 138 valence electrons. The Hall–Kier alpha value is -0.710. The Morgan fingerprint density at radius 3 is 2.62 bits per heavy atom. The molecule has 2 rings (SSSR count). The van der Waals surface area contributed by atoms with Crippen molar-refractivity contribution in [3.8, 4) is 0 Å². The van der Waals surface area contributed by atoms with Crippen molar-refractivity contribution in [1.29, 1.82) is 0 Å². The van der Waals surface area contributed by atoms with Crippen LogP contribution in [0.5, 0.6) is 0 Å². The summed E-state index contributed by atoms with van der Waals surface area (Å²) in [5, 5.41) is 0.492. The normalized spacial score (nSPS) is 25.2. The van der Waals surface area contributed by atoms with Gasteiger partial charge < -0.3 is 9.80 Å². The van der Waals surface area contributed by atoms with Crippen LogP contribution in [0.2, 0.25) is 0 Å². The minimum absolute atomic E-state index is 0.140. The van der Waals surface area contributed by atoms with Crippen LogP contribution in [0.4, 0.5) is 0 Å². The first-order valence-electron chi connectivity index (χ1n) is 9.48. The van der Waals surface area contributed by atoms with Crippen LogP contribution in [0, 0.1) is 11.3 Å². The van der Waals surface area contributed by atoms with Crippen LogP contribution < -0.4 is 0 Å².